The van der Waals surface area contributed by atoms with Crippen LogP contribution >= 0.6 is 11.6 Å². The molecular weight excluding hydrogens is 938 g/mol. The molecule has 15 nitrogen and oxygen atoms in total. The van der Waals surface area contributed by atoms with Gasteiger partial charge in [-0.3, -0.25) is 33.4 Å². The van der Waals surface area contributed by atoms with Gasteiger partial charge in [0, 0.05) is 77.2 Å². The normalized spacial score (nSPS) is 25.5. The summed E-state index contributed by atoms with van der Waals surface area (Å²) < 4.78 is 93.0. The number of benzene rings is 1. The first kappa shape index (κ1) is 53.2. The number of aryl methyl sites for hydroxylation is 1. The fourth-order valence-electron chi connectivity index (χ4n) is 9.41. The van der Waals surface area contributed by atoms with Crippen LogP contribution in [0.5, 0.6) is 0 Å². The zero-order valence-corrected chi connectivity index (χ0v) is 40.5. The molecule has 1 aromatic carbocycles. The number of rotatable bonds is 11. The van der Waals surface area contributed by atoms with Crippen molar-refractivity contribution in [2.24, 2.45) is 24.3 Å². The van der Waals surface area contributed by atoms with Gasteiger partial charge in [0.05, 0.1) is 26.0 Å². The third-order valence-electron chi connectivity index (χ3n) is 13.5. The Hall–Kier alpha value is -5.18. The molecule has 380 valence electrons. The lowest BCUT2D eigenvalue weighted by Crippen LogP contribution is -2.65. The molecule has 2 saturated carbocycles. The van der Waals surface area contributed by atoms with Crippen molar-refractivity contribution in [1.82, 2.24) is 40.0 Å². The van der Waals surface area contributed by atoms with Crippen molar-refractivity contribution in [3.8, 4) is 11.1 Å². The molecule has 6 atom stereocenters. The predicted octanol–water partition coefficient (Wildman–Crippen LogP) is 5.10. The third-order valence-corrected chi connectivity index (χ3v) is 13.8. The number of carbonyl (C=O) groups is 6. The number of nitrogens with one attached hydrogen (secondary N) is 2. The predicted molar refractivity (Wildman–Crippen MR) is 241 cm³/mol. The Balaban J connectivity index is 1.27. The highest BCUT2D eigenvalue weighted by Crippen LogP contribution is 2.61. The fraction of sp³-hybridized carbons (Fsp3) is 0.638. The quantitative estimate of drug-likeness (QED) is 0.232. The molecule has 3 fully saturated rings. The molecule has 0 bridgehead atoms. The van der Waals surface area contributed by atoms with E-state index in [0.29, 0.717) is 33.9 Å². The minimum absolute atomic E-state index is 0.0211. The van der Waals surface area contributed by atoms with E-state index in [0.717, 1.165) is 16.0 Å². The molecule has 0 unspecified atom stereocenters. The molecule has 2 aromatic rings. The summed E-state index contributed by atoms with van der Waals surface area (Å²) in [5.74, 6) is -9.99. The summed E-state index contributed by atoms with van der Waals surface area (Å²) >= 11 is 6.50. The number of hydrogen-bond acceptors (Lipinski definition) is 8. The van der Waals surface area contributed by atoms with E-state index in [4.69, 9.17) is 16.3 Å². The van der Waals surface area contributed by atoms with Gasteiger partial charge in [-0.05, 0) is 67.7 Å². The SMILES string of the molecule is CC1=CC[C@H](N(C)C(=O)[C@@H](NC(=O)[C@@H]2C[C@@H](F)CN2C(=O)C2(C(F)(F)F)CC(F)(F)C2)C2CC2)C(=O)N[C@@H](CC(C)C)C(=O)N(C)[C@@H](Cc2cc(Cl)ccc2-c2cnn(C)c2)C(=O)N(C)CCOC1. The van der Waals surface area contributed by atoms with Gasteiger partial charge in [-0.1, -0.05) is 43.2 Å². The molecule has 0 radical (unpaired) electrons. The van der Waals surface area contributed by atoms with Crippen LogP contribution in [-0.4, -0.2) is 161 Å². The summed E-state index contributed by atoms with van der Waals surface area (Å²) in [6.45, 7) is 4.84. The largest absolute Gasteiger partial charge is 0.403 e. The maximum atomic E-state index is 14.9. The van der Waals surface area contributed by atoms with Crippen molar-refractivity contribution < 1.29 is 59.8 Å². The number of nitrogens with zero attached hydrogens (tertiary/aromatic N) is 6. The van der Waals surface area contributed by atoms with Crippen LogP contribution < -0.4 is 10.6 Å². The number of ether oxygens (including phenoxy) is 1. The Kier molecular flexibility index (Phi) is 16.2. The molecule has 1 aromatic heterocycles. The molecule has 6 amide bonds. The molecule has 4 aliphatic rings. The van der Waals surface area contributed by atoms with Gasteiger partial charge in [-0.15, -0.1) is 0 Å². The Morgan fingerprint density at radius 3 is 2.35 bits per heavy atom. The highest BCUT2D eigenvalue weighted by molar-refractivity contribution is 6.30. The number of likely N-dealkylation sites (N-methyl/N-ethyl adjacent to an activating group) is 3. The topological polar surface area (TPSA) is 166 Å². The second kappa shape index (κ2) is 21.0. The third kappa shape index (κ3) is 12.1. The fourth-order valence-corrected chi connectivity index (χ4v) is 9.61. The second-order valence-electron chi connectivity index (χ2n) is 19.5. The van der Waals surface area contributed by atoms with Gasteiger partial charge < -0.3 is 35.0 Å². The molecule has 22 heteroatoms. The molecular formula is C47H61ClF6N8O7. The number of amides is 6. The van der Waals surface area contributed by atoms with E-state index in [9.17, 15) is 55.1 Å². The van der Waals surface area contributed by atoms with Gasteiger partial charge in [0.2, 0.25) is 35.4 Å². The average molecular weight is 999 g/mol. The number of aromatic nitrogens is 2. The van der Waals surface area contributed by atoms with Gasteiger partial charge in [0.25, 0.3) is 5.92 Å². The van der Waals surface area contributed by atoms with Crippen molar-refractivity contribution in [3.63, 3.8) is 0 Å². The summed E-state index contributed by atoms with van der Waals surface area (Å²) in [5.41, 5.74) is -0.703. The van der Waals surface area contributed by atoms with Crippen LogP contribution in [0.4, 0.5) is 26.3 Å². The van der Waals surface area contributed by atoms with E-state index in [1.54, 1.807) is 62.4 Å². The lowest BCUT2D eigenvalue weighted by atomic mass is 9.64. The van der Waals surface area contributed by atoms with Crippen LogP contribution in [0.3, 0.4) is 0 Å². The molecule has 0 spiro atoms. The van der Waals surface area contributed by atoms with Gasteiger partial charge in [0.1, 0.15) is 36.4 Å². The molecule has 2 aliphatic carbocycles. The molecule has 1 saturated heterocycles. The molecule has 3 heterocycles. The Morgan fingerprint density at radius 2 is 1.75 bits per heavy atom. The first-order valence-corrected chi connectivity index (χ1v) is 23.4. The first-order valence-electron chi connectivity index (χ1n) is 23.0. The minimum atomic E-state index is -5.41. The van der Waals surface area contributed by atoms with E-state index in [1.807, 2.05) is 13.8 Å². The summed E-state index contributed by atoms with van der Waals surface area (Å²) in [5, 5.41) is 10.0. The zero-order valence-electron chi connectivity index (χ0n) is 39.8. The van der Waals surface area contributed by atoms with Gasteiger partial charge >= 0.3 is 6.18 Å². The minimum Gasteiger partial charge on any atom is -0.375 e. The van der Waals surface area contributed by atoms with Crippen LogP contribution in [0.15, 0.2) is 42.2 Å². The number of hydrogen-bond donors (Lipinski definition) is 2. The molecule has 69 heavy (non-hydrogen) atoms. The van der Waals surface area contributed by atoms with Crippen molar-refractivity contribution in [3.05, 3.63) is 52.8 Å². The molecule has 6 rings (SSSR count). The van der Waals surface area contributed by atoms with Crippen molar-refractivity contribution in [2.75, 3.05) is 47.4 Å². The maximum absolute atomic E-state index is 14.9. The van der Waals surface area contributed by atoms with Crippen LogP contribution in [0.1, 0.15) is 71.3 Å². The zero-order chi connectivity index (χ0) is 50.9. The van der Waals surface area contributed by atoms with Crippen LogP contribution in [-0.2, 0) is 47.0 Å². The number of alkyl halides is 6. The number of likely N-dealkylation sites (tertiary alicyclic amines) is 1. The van der Waals surface area contributed by atoms with Gasteiger partial charge in [0.15, 0.2) is 5.41 Å². The van der Waals surface area contributed by atoms with E-state index >= 15 is 0 Å². The van der Waals surface area contributed by atoms with Crippen LogP contribution in [0.25, 0.3) is 11.1 Å². The Bertz CT molecular complexity index is 2300. The smallest absolute Gasteiger partial charge is 0.375 e. The summed E-state index contributed by atoms with van der Waals surface area (Å²) in [6.07, 6.45) is -5.72. The second-order valence-corrected chi connectivity index (χ2v) is 20.0. The van der Waals surface area contributed by atoms with E-state index in [2.05, 4.69) is 15.7 Å². The number of halogens is 7. The number of carbonyl (C=O) groups excluding carboxylic acids is 6. The Morgan fingerprint density at radius 1 is 1.07 bits per heavy atom. The lowest BCUT2D eigenvalue weighted by molar-refractivity contribution is -0.299. The van der Waals surface area contributed by atoms with E-state index < -0.39 is 121 Å². The van der Waals surface area contributed by atoms with E-state index in [1.165, 1.54) is 23.9 Å². The van der Waals surface area contributed by atoms with Crippen molar-refractivity contribution in [2.45, 2.75) is 121 Å². The monoisotopic (exact) mass is 998 g/mol. The molecule has 2 aliphatic heterocycles. The lowest BCUT2D eigenvalue weighted by Gasteiger charge is -2.48. The highest BCUT2D eigenvalue weighted by atomic mass is 35.5. The summed E-state index contributed by atoms with van der Waals surface area (Å²) in [7, 11) is 6.16. The maximum Gasteiger partial charge on any atom is 0.403 e. The first-order chi connectivity index (χ1) is 32.2. The highest BCUT2D eigenvalue weighted by Gasteiger charge is 2.75. The standard InChI is InChI=1S/C47H61ClF6N8O7/c1-26(2)16-34-41(65)61(7)37(18-29-17-31(48)11-12-33(29)30-20-55-59(5)21-30)42(66)58(4)14-15-69-23-27(3)8-13-35(39(63)56-34)60(6)43(67)38(28-9-10-28)57-40(64)36-19-32(49)22-62(36)44(68)45(47(52,53)54)24-46(50,51)25-45/h8,11-12,17,20-21,26,28,32,34-38H,9-10,13-16,18-19,22-25H2,1-7H3,(H,56,63)(H,57,64)/t32-,34+,35+,36+,37+,38+/m1/s1. The van der Waals surface area contributed by atoms with Gasteiger partial charge in [-0.2, -0.15) is 18.3 Å². The molecule has 2 N–H and O–H groups in total. The van der Waals surface area contributed by atoms with E-state index in [-0.39, 0.29) is 44.9 Å². The van der Waals surface area contributed by atoms with Crippen LogP contribution in [0.2, 0.25) is 5.02 Å². The Labute approximate surface area is 402 Å². The van der Waals surface area contributed by atoms with Gasteiger partial charge in [-0.25, -0.2) is 13.2 Å². The van der Waals surface area contributed by atoms with Crippen LogP contribution in [0, 0.1) is 17.3 Å². The summed E-state index contributed by atoms with van der Waals surface area (Å²) in [4.78, 5) is 89.9. The average Bonchev–Trinajstić information content (AvgIpc) is 3.89. The van der Waals surface area contributed by atoms with Crippen molar-refractivity contribution in [1.29, 1.82) is 0 Å². The summed E-state index contributed by atoms with van der Waals surface area (Å²) in [6, 6.07) is -1.62. The van der Waals surface area contributed by atoms with Crippen molar-refractivity contribution >= 4 is 47.0 Å².